The molecule has 3 amide bonds. The number of imide groups is 1. The first-order valence-electron chi connectivity index (χ1n) is 14.4. The maximum atomic E-state index is 15.0. The third-order valence-corrected chi connectivity index (χ3v) is 6.68. The van der Waals surface area contributed by atoms with Crippen LogP contribution in [-0.4, -0.2) is 54.3 Å². The van der Waals surface area contributed by atoms with Gasteiger partial charge in [0.15, 0.2) is 11.6 Å². The highest BCUT2D eigenvalue weighted by atomic mass is 19.1. The number of rotatable bonds is 7. The Morgan fingerprint density at radius 1 is 1.09 bits per heavy atom. The van der Waals surface area contributed by atoms with E-state index in [1.165, 1.54) is 18.2 Å². The Kier molecular flexibility index (Phi) is 11.3. The number of amides is 3. The number of halogens is 2. The molecule has 9 nitrogen and oxygen atoms in total. The quantitative estimate of drug-likeness (QED) is 0.302. The van der Waals surface area contributed by atoms with E-state index in [-0.39, 0.29) is 17.9 Å². The zero-order chi connectivity index (χ0) is 30.6. The summed E-state index contributed by atoms with van der Waals surface area (Å²) in [6.45, 7) is 7.58. The van der Waals surface area contributed by atoms with Gasteiger partial charge in [-0.15, -0.1) is 0 Å². The number of carbonyl (C=O) groups excluding carboxylic acids is 2. The third kappa shape index (κ3) is 8.92. The minimum absolute atomic E-state index is 0.0527. The average Bonchev–Trinajstić information content (AvgIpc) is 3.23. The van der Waals surface area contributed by atoms with E-state index >= 15 is 0 Å². The molecular formula is C32H36F2N6O3. The number of carbonyl (C=O) groups is 2. The molecule has 3 heterocycles. The first-order chi connectivity index (χ1) is 20.9. The Bertz CT molecular complexity index is 1460. The third-order valence-electron chi connectivity index (χ3n) is 6.68. The molecule has 5 rings (SSSR count). The number of piperazine rings is 1. The van der Waals surface area contributed by atoms with Crippen molar-refractivity contribution in [2.45, 2.75) is 39.3 Å². The molecular weight excluding hydrogens is 554 g/mol. The summed E-state index contributed by atoms with van der Waals surface area (Å²) in [5.74, 6) is -0.0473. The fourth-order valence-electron chi connectivity index (χ4n) is 4.56. The second-order valence-electron chi connectivity index (χ2n) is 9.67. The van der Waals surface area contributed by atoms with Crippen molar-refractivity contribution in [1.29, 1.82) is 0 Å². The van der Waals surface area contributed by atoms with Crippen LogP contribution in [-0.2, 0) is 4.79 Å². The van der Waals surface area contributed by atoms with Gasteiger partial charge in [-0.2, -0.15) is 0 Å². The van der Waals surface area contributed by atoms with Crippen LogP contribution < -0.4 is 25.6 Å². The number of alkyl halides is 1. The molecule has 0 radical (unpaired) electrons. The fraction of sp³-hybridized carbons (Fsp3) is 0.312. The normalized spacial score (nSPS) is 16.2. The zero-order valence-electron chi connectivity index (χ0n) is 24.3. The highest BCUT2D eigenvalue weighted by molar-refractivity contribution is 6.01. The summed E-state index contributed by atoms with van der Waals surface area (Å²) in [5, 5.41) is 7.96. The minimum atomic E-state index is -1.05. The lowest BCUT2D eigenvalue weighted by Crippen LogP contribution is -2.43. The molecule has 226 valence electrons. The van der Waals surface area contributed by atoms with E-state index in [1.54, 1.807) is 36.8 Å². The maximum absolute atomic E-state index is 15.0. The van der Waals surface area contributed by atoms with Gasteiger partial charge in [-0.3, -0.25) is 15.1 Å². The number of allylic oxidation sites excluding steroid dienone is 3. The van der Waals surface area contributed by atoms with Gasteiger partial charge >= 0.3 is 6.03 Å². The number of nitrogens with zero attached hydrogens (tertiary/aromatic N) is 3. The predicted molar refractivity (Wildman–Crippen MR) is 164 cm³/mol. The fourth-order valence-corrected chi connectivity index (χ4v) is 4.56. The van der Waals surface area contributed by atoms with Gasteiger partial charge in [0.1, 0.15) is 17.7 Å². The van der Waals surface area contributed by atoms with Crippen molar-refractivity contribution in [3.05, 3.63) is 84.6 Å². The van der Waals surface area contributed by atoms with Crippen LogP contribution in [0.3, 0.4) is 0 Å². The Balaban J connectivity index is 0.00000207. The summed E-state index contributed by atoms with van der Waals surface area (Å²) in [4.78, 5) is 35.5. The molecule has 1 atom stereocenters. The monoisotopic (exact) mass is 590 g/mol. The molecule has 0 bridgehead atoms. The minimum Gasteiger partial charge on any atom is -0.454 e. The van der Waals surface area contributed by atoms with Gasteiger partial charge in [0.25, 0.3) is 0 Å². The lowest BCUT2D eigenvalue weighted by Gasteiger charge is -2.28. The number of aromatic nitrogens is 2. The summed E-state index contributed by atoms with van der Waals surface area (Å²) in [6, 6.07) is 8.65. The van der Waals surface area contributed by atoms with Crippen LogP contribution in [0, 0.1) is 5.82 Å². The van der Waals surface area contributed by atoms with Crippen molar-refractivity contribution in [2.24, 2.45) is 0 Å². The van der Waals surface area contributed by atoms with Crippen molar-refractivity contribution in [3.8, 4) is 22.6 Å². The Morgan fingerprint density at radius 2 is 1.91 bits per heavy atom. The summed E-state index contributed by atoms with van der Waals surface area (Å²) in [6.07, 6.45) is 9.39. The molecule has 11 heteroatoms. The summed E-state index contributed by atoms with van der Waals surface area (Å²) >= 11 is 0. The zero-order valence-corrected chi connectivity index (χ0v) is 24.3. The standard InChI is InChI=1S/C30H30F2N6O3.C2H6/c31-22-3-1-2-20(4-6-22)16-29(39)37-30(40)36-23-7-8-27(25(32)17-23)41-26-10-11-34-19-24(26)21-5-9-28(35-18-21)38-14-12-33-13-15-38;1-2/h2,4-11,17-19,22,33H,1,3,12-16H2,(H2,36,37,39,40);1-2H3. The van der Waals surface area contributed by atoms with Crippen molar-refractivity contribution in [3.63, 3.8) is 0 Å². The highest BCUT2D eigenvalue weighted by Gasteiger charge is 2.16. The Morgan fingerprint density at radius 3 is 2.65 bits per heavy atom. The van der Waals surface area contributed by atoms with Crippen molar-refractivity contribution >= 4 is 23.4 Å². The lowest BCUT2D eigenvalue weighted by molar-refractivity contribution is -0.119. The van der Waals surface area contributed by atoms with E-state index in [9.17, 15) is 18.4 Å². The number of benzene rings is 1. The van der Waals surface area contributed by atoms with Crippen LogP contribution >= 0.6 is 0 Å². The number of ether oxygens (including phenoxy) is 1. The highest BCUT2D eigenvalue weighted by Crippen LogP contribution is 2.34. The molecule has 1 aromatic carbocycles. The number of hydrogen-bond acceptors (Lipinski definition) is 7. The van der Waals surface area contributed by atoms with Crippen molar-refractivity contribution < 1.29 is 23.1 Å². The topological polar surface area (TPSA) is 108 Å². The molecule has 1 unspecified atom stereocenters. The summed E-state index contributed by atoms with van der Waals surface area (Å²) in [5.41, 5.74) is 2.18. The van der Waals surface area contributed by atoms with E-state index in [4.69, 9.17) is 4.74 Å². The van der Waals surface area contributed by atoms with Gasteiger partial charge < -0.3 is 20.3 Å². The van der Waals surface area contributed by atoms with Crippen LogP contribution in [0.2, 0.25) is 0 Å². The summed E-state index contributed by atoms with van der Waals surface area (Å²) < 4.78 is 34.3. The van der Waals surface area contributed by atoms with Crippen LogP contribution in [0.15, 0.2) is 78.8 Å². The van der Waals surface area contributed by atoms with Gasteiger partial charge in [0, 0.05) is 67.7 Å². The van der Waals surface area contributed by atoms with Crippen LogP contribution in [0.5, 0.6) is 11.5 Å². The molecule has 3 N–H and O–H groups in total. The Hall–Kier alpha value is -4.64. The number of nitrogens with one attached hydrogen (secondary N) is 3. The predicted octanol–water partition coefficient (Wildman–Crippen LogP) is 6.16. The van der Waals surface area contributed by atoms with Crippen LogP contribution in [0.4, 0.5) is 25.1 Å². The van der Waals surface area contributed by atoms with Crippen molar-refractivity contribution in [1.82, 2.24) is 20.6 Å². The van der Waals surface area contributed by atoms with E-state index in [2.05, 4.69) is 30.8 Å². The lowest BCUT2D eigenvalue weighted by atomic mass is 10.1. The van der Waals surface area contributed by atoms with E-state index in [1.807, 2.05) is 26.0 Å². The molecule has 3 aromatic rings. The molecule has 1 aliphatic carbocycles. The number of pyridine rings is 2. The number of hydrogen-bond donors (Lipinski definition) is 3. The Labute approximate surface area is 250 Å². The number of anilines is 2. The van der Waals surface area contributed by atoms with Crippen LogP contribution in [0.1, 0.15) is 33.1 Å². The molecule has 1 fully saturated rings. The second-order valence-corrected chi connectivity index (χ2v) is 9.67. The van der Waals surface area contributed by atoms with E-state index < -0.39 is 23.9 Å². The molecule has 0 saturated carbocycles. The van der Waals surface area contributed by atoms with Crippen LogP contribution in [0.25, 0.3) is 11.1 Å². The maximum Gasteiger partial charge on any atom is 0.325 e. The average molecular weight is 591 g/mol. The smallest absolute Gasteiger partial charge is 0.325 e. The van der Waals surface area contributed by atoms with E-state index in [0.29, 0.717) is 29.7 Å². The van der Waals surface area contributed by atoms with Gasteiger partial charge in [-0.1, -0.05) is 32.1 Å². The SMILES string of the molecule is CC.O=C(CC1=CCCC(F)C=C1)NC(=O)Nc1ccc(Oc2ccncc2-c2ccc(N3CCNCC3)nc2)c(F)c1. The molecule has 43 heavy (non-hydrogen) atoms. The largest absolute Gasteiger partial charge is 0.454 e. The van der Waals surface area contributed by atoms with Gasteiger partial charge in [0.05, 0.1) is 6.42 Å². The van der Waals surface area contributed by atoms with Gasteiger partial charge in [-0.05, 0) is 48.7 Å². The molecule has 1 saturated heterocycles. The molecule has 2 aliphatic rings. The first kappa shape index (κ1) is 31.3. The van der Waals surface area contributed by atoms with E-state index in [0.717, 1.165) is 43.6 Å². The molecule has 2 aromatic heterocycles. The first-order valence-corrected chi connectivity index (χ1v) is 14.4. The number of urea groups is 1. The molecule has 0 spiro atoms. The van der Waals surface area contributed by atoms with Gasteiger partial charge in [0.2, 0.25) is 5.91 Å². The molecule has 1 aliphatic heterocycles. The van der Waals surface area contributed by atoms with Gasteiger partial charge in [-0.25, -0.2) is 18.6 Å². The summed E-state index contributed by atoms with van der Waals surface area (Å²) in [7, 11) is 0. The van der Waals surface area contributed by atoms with Crippen molar-refractivity contribution in [2.75, 3.05) is 36.4 Å². The second kappa shape index (κ2) is 15.5.